The van der Waals surface area contributed by atoms with Gasteiger partial charge in [0.2, 0.25) is 0 Å². The molecule has 2 N–H and O–H groups in total. The fourth-order valence-electron chi connectivity index (χ4n) is 1.69. The first kappa shape index (κ1) is 8.68. The monoisotopic (exact) mass is 158 g/mol. The normalized spacial score (nSPS) is 33.7. The molecular formula is C8H14O3. The maximum absolute atomic E-state index is 10.9. The summed E-state index contributed by atoms with van der Waals surface area (Å²) in [7, 11) is 0. The van der Waals surface area contributed by atoms with Crippen molar-refractivity contribution in [3.05, 3.63) is 0 Å². The van der Waals surface area contributed by atoms with Gasteiger partial charge in [-0.2, -0.15) is 0 Å². The highest BCUT2D eigenvalue weighted by Gasteiger charge is 2.33. The van der Waals surface area contributed by atoms with E-state index in [1.165, 1.54) is 6.92 Å². The molecule has 0 aliphatic heterocycles. The third-order valence-electron chi connectivity index (χ3n) is 2.30. The van der Waals surface area contributed by atoms with Crippen molar-refractivity contribution < 1.29 is 15.0 Å². The molecule has 1 fully saturated rings. The molecule has 0 bridgehead atoms. The lowest BCUT2D eigenvalue weighted by atomic mass is 9.82. The van der Waals surface area contributed by atoms with Gasteiger partial charge in [0.05, 0.1) is 18.1 Å². The summed E-state index contributed by atoms with van der Waals surface area (Å²) in [5.41, 5.74) is 0. The molecule has 2 atom stereocenters. The van der Waals surface area contributed by atoms with Crippen molar-refractivity contribution in [1.29, 1.82) is 0 Å². The first-order valence-electron chi connectivity index (χ1n) is 3.99. The molecule has 0 aromatic heterocycles. The summed E-state index contributed by atoms with van der Waals surface area (Å²) in [6.45, 7) is 1.42. The number of hydrogen-bond donors (Lipinski definition) is 2. The molecule has 64 valence electrons. The molecule has 1 rings (SSSR count). The Hall–Kier alpha value is -0.410. The molecule has 3 heteroatoms. The lowest BCUT2D eigenvalue weighted by Crippen LogP contribution is -2.40. The van der Waals surface area contributed by atoms with Crippen molar-refractivity contribution in [1.82, 2.24) is 0 Å². The Kier molecular flexibility index (Phi) is 2.62. The van der Waals surface area contributed by atoms with Gasteiger partial charge in [0.15, 0.2) is 0 Å². The number of aliphatic hydroxyl groups excluding tert-OH is 2. The average molecular weight is 158 g/mol. The van der Waals surface area contributed by atoms with Crippen LogP contribution >= 0.6 is 0 Å². The Balaban J connectivity index is 2.62. The smallest absolute Gasteiger partial charge is 0.138 e. The van der Waals surface area contributed by atoms with E-state index in [1.807, 2.05) is 0 Å². The van der Waals surface area contributed by atoms with Crippen LogP contribution in [0.25, 0.3) is 0 Å². The van der Waals surface area contributed by atoms with Crippen molar-refractivity contribution in [3.8, 4) is 0 Å². The minimum atomic E-state index is -0.628. The molecule has 0 unspecified atom stereocenters. The minimum absolute atomic E-state index is 0.107. The number of carbonyl (C=O) groups is 1. The predicted octanol–water partition coefficient (Wildman–Crippen LogP) is 0.0973. The molecule has 0 aromatic carbocycles. The zero-order chi connectivity index (χ0) is 8.43. The Bertz CT molecular complexity index is 145. The Morgan fingerprint density at radius 1 is 1.27 bits per heavy atom. The van der Waals surface area contributed by atoms with Crippen molar-refractivity contribution in [2.75, 3.05) is 0 Å². The van der Waals surface area contributed by atoms with Gasteiger partial charge >= 0.3 is 0 Å². The number of carbonyl (C=O) groups excluding carboxylic acids is 1. The van der Waals surface area contributed by atoms with Crippen LogP contribution in [-0.2, 0) is 4.79 Å². The summed E-state index contributed by atoms with van der Waals surface area (Å²) in [6, 6.07) is 0. The van der Waals surface area contributed by atoms with Gasteiger partial charge in [0, 0.05) is 0 Å². The van der Waals surface area contributed by atoms with E-state index in [9.17, 15) is 15.0 Å². The van der Waals surface area contributed by atoms with Gasteiger partial charge in [0.25, 0.3) is 0 Å². The number of hydrogen-bond acceptors (Lipinski definition) is 3. The van der Waals surface area contributed by atoms with Crippen LogP contribution in [0.2, 0.25) is 0 Å². The van der Waals surface area contributed by atoms with Crippen LogP contribution in [0.15, 0.2) is 0 Å². The number of ketones is 1. The van der Waals surface area contributed by atoms with Gasteiger partial charge in [-0.15, -0.1) is 0 Å². The van der Waals surface area contributed by atoms with Crippen LogP contribution < -0.4 is 0 Å². The maximum atomic E-state index is 10.9. The summed E-state index contributed by atoms with van der Waals surface area (Å²) < 4.78 is 0. The van der Waals surface area contributed by atoms with E-state index in [-0.39, 0.29) is 5.78 Å². The topological polar surface area (TPSA) is 57.5 Å². The highest BCUT2D eigenvalue weighted by molar-refractivity contribution is 5.79. The highest BCUT2D eigenvalue weighted by Crippen LogP contribution is 2.25. The zero-order valence-electron chi connectivity index (χ0n) is 6.66. The summed E-state index contributed by atoms with van der Waals surface area (Å²) in [4.78, 5) is 10.9. The van der Waals surface area contributed by atoms with Crippen molar-refractivity contribution >= 4 is 5.78 Å². The van der Waals surface area contributed by atoms with E-state index in [1.54, 1.807) is 0 Å². The van der Waals surface area contributed by atoms with E-state index in [2.05, 4.69) is 0 Å². The summed E-state index contributed by atoms with van der Waals surface area (Å²) in [5, 5.41) is 18.7. The second-order valence-corrected chi connectivity index (χ2v) is 3.20. The number of rotatable bonds is 1. The van der Waals surface area contributed by atoms with E-state index in [0.29, 0.717) is 12.8 Å². The van der Waals surface area contributed by atoms with Gasteiger partial charge in [-0.1, -0.05) is 0 Å². The zero-order valence-corrected chi connectivity index (χ0v) is 6.66. The molecule has 0 saturated heterocycles. The predicted molar refractivity (Wildman–Crippen MR) is 40.0 cm³/mol. The molecule has 0 radical (unpaired) electrons. The van der Waals surface area contributed by atoms with E-state index >= 15 is 0 Å². The average Bonchev–Trinajstić information content (AvgIpc) is 1.85. The molecule has 0 spiro atoms. The molecule has 1 aliphatic rings. The van der Waals surface area contributed by atoms with Crippen molar-refractivity contribution in [2.45, 2.75) is 38.4 Å². The van der Waals surface area contributed by atoms with Crippen LogP contribution in [0, 0.1) is 5.92 Å². The summed E-state index contributed by atoms with van der Waals surface area (Å²) in [5.74, 6) is -0.645. The molecule has 0 heterocycles. The third-order valence-corrected chi connectivity index (χ3v) is 2.30. The van der Waals surface area contributed by atoms with Gasteiger partial charge in [-0.25, -0.2) is 0 Å². The van der Waals surface area contributed by atoms with Crippen molar-refractivity contribution in [3.63, 3.8) is 0 Å². The third kappa shape index (κ3) is 1.79. The van der Waals surface area contributed by atoms with Gasteiger partial charge in [0.1, 0.15) is 5.78 Å². The summed E-state index contributed by atoms with van der Waals surface area (Å²) >= 11 is 0. The highest BCUT2D eigenvalue weighted by atomic mass is 16.3. The van der Waals surface area contributed by atoms with Gasteiger partial charge in [-0.05, 0) is 26.2 Å². The van der Waals surface area contributed by atoms with Crippen LogP contribution in [0.5, 0.6) is 0 Å². The quantitative estimate of drug-likeness (QED) is 0.569. The molecule has 0 aromatic rings. The number of Topliss-reactive ketones (excluding diaryl/α,β-unsaturated/α-hetero) is 1. The van der Waals surface area contributed by atoms with Crippen molar-refractivity contribution in [2.24, 2.45) is 5.92 Å². The molecule has 1 saturated carbocycles. The second-order valence-electron chi connectivity index (χ2n) is 3.20. The standard InChI is InChI=1S/C8H14O3/c1-5(9)8-6(10)3-2-4-7(8)11/h6-8,10-11H,2-4H2,1H3/t6-,7-/m0/s1. The van der Waals surface area contributed by atoms with E-state index < -0.39 is 18.1 Å². The lowest BCUT2D eigenvalue weighted by Gasteiger charge is -2.30. The molecule has 1 aliphatic carbocycles. The molecule has 0 amide bonds. The molecule has 11 heavy (non-hydrogen) atoms. The molecular weight excluding hydrogens is 144 g/mol. The number of aliphatic hydroxyl groups is 2. The van der Waals surface area contributed by atoms with Crippen LogP contribution in [0.3, 0.4) is 0 Å². The van der Waals surface area contributed by atoms with Gasteiger partial charge < -0.3 is 10.2 Å². The second kappa shape index (κ2) is 3.32. The first-order valence-corrected chi connectivity index (χ1v) is 3.99. The Labute approximate surface area is 66.0 Å². The lowest BCUT2D eigenvalue weighted by molar-refractivity contribution is -0.132. The van der Waals surface area contributed by atoms with Crippen LogP contribution in [0.1, 0.15) is 26.2 Å². The summed E-state index contributed by atoms with van der Waals surface area (Å²) in [6.07, 6.45) is 0.835. The minimum Gasteiger partial charge on any atom is -0.392 e. The van der Waals surface area contributed by atoms with Crippen LogP contribution in [0.4, 0.5) is 0 Å². The van der Waals surface area contributed by atoms with E-state index in [0.717, 1.165) is 6.42 Å². The first-order chi connectivity index (χ1) is 5.13. The SMILES string of the molecule is CC(=O)C1[C@@H](O)CCC[C@@H]1O. The van der Waals surface area contributed by atoms with Crippen LogP contribution in [-0.4, -0.2) is 28.2 Å². The largest absolute Gasteiger partial charge is 0.392 e. The fraction of sp³-hybridized carbons (Fsp3) is 0.875. The maximum Gasteiger partial charge on any atom is 0.138 e. The Morgan fingerprint density at radius 3 is 2.00 bits per heavy atom. The van der Waals surface area contributed by atoms with E-state index in [4.69, 9.17) is 0 Å². The fourth-order valence-corrected chi connectivity index (χ4v) is 1.69. The van der Waals surface area contributed by atoms with Gasteiger partial charge in [-0.3, -0.25) is 4.79 Å². The Morgan fingerprint density at radius 2 is 1.73 bits per heavy atom. The molecule has 3 nitrogen and oxygen atoms in total.